The molecule has 3 nitrogen and oxygen atoms in total. The lowest BCUT2D eigenvalue weighted by molar-refractivity contribution is 0.608. The molecule has 5 heteroatoms. The molecule has 2 N–H and O–H groups in total. The van der Waals surface area contributed by atoms with E-state index in [0.717, 1.165) is 11.1 Å². The van der Waals surface area contributed by atoms with Crippen LogP contribution >= 0.6 is 11.6 Å². The molecule has 1 aromatic carbocycles. The maximum absolute atomic E-state index is 13.3. The zero-order valence-corrected chi connectivity index (χ0v) is 10.2. The number of aromatic nitrogens is 2. The molecule has 0 amide bonds. The monoisotopic (exact) mass is 251 g/mol. The Kier molecular flexibility index (Phi) is 2.98. The van der Waals surface area contributed by atoms with Crippen molar-refractivity contribution >= 4 is 17.4 Å². The van der Waals surface area contributed by atoms with Crippen LogP contribution in [0.2, 0.25) is 5.02 Å². The van der Waals surface area contributed by atoms with E-state index in [0.29, 0.717) is 10.8 Å². The van der Waals surface area contributed by atoms with Gasteiger partial charge in [-0.1, -0.05) is 23.7 Å². The van der Waals surface area contributed by atoms with Crippen molar-refractivity contribution in [3.63, 3.8) is 0 Å². The molecule has 0 aliphatic heterocycles. The highest BCUT2D eigenvalue weighted by atomic mass is 35.5. The Morgan fingerprint density at radius 3 is 2.53 bits per heavy atom. The summed E-state index contributed by atoms with van der Waals surface area (Å²) in [6, 6.07) is 5.42. The average molecular weight is 252 g/mol. The van der Waals surface area contributed by atoms with Crippen molar-refractivity contribution in [2.24, 2.45) is 0 Å². The standard InChI is InChI=1S/C12H11ClFN3/c1-6-3-4-8(5-9(6)13)12-16-7(2)10(14)11(15)17-12/h3-5H,1-2H3,(H2,15,16,17). The number of nitrogens with two attached hydrogens (primary N) is 1. The van der Waals surface area contributed by atoms with Gasteiger partial charge in [0.15, 0.2) is 17.5 Å². The van der Waals surface area contributed by atoms with Gasteiger partial charge in [0.1, 0.15) is 0 Å². The molecule has 17 heavy (non-hydrogen) atoms. The van der Waals surface area contributed by atoms with Crippen LogP contribution in [-0.4, -0.2) is 9.97 Å². The molecule has 0 atom stereocenters. The van der Waals surface area contributed by atoms with E-state index in [4.69, 9.17) is 17.3 Å². The van der Waals surface area contributed by atoms with Crippen LogP contribution in [0, 0.1) is 19.7 Å². The second kappa shape index (κ2) is 4.30. The quantitative estimate of drug-likeness (QED) is 0.847. The molecule has 1 heterocycles. The van der Waals surface area contributed by atoms with Gasteiger partial charge in [-0.2, -0.15) is 0 Å². The van der Waals surface area contributed by atoms with Gasteiger partial charge < -0.3 is 5.73 Å². The van der Waals surface area contributed by atoms with Crippen molar-refractivity contribution in [1.29, 1.82) is 0 Å². The second-order valence-corrected chi connectivity index (χ2v) is 4.20. The first-order valence-corrected chi connectivity index (χ1v) is 5.43. The lowest BCUT2D eigenvalue weighted by Gasteiger charge is -2.06. The van der Waals surface area contributed by atoms with Gasteiger partial charge in [0.05, 0.1) is 5.69 Å². The summed E-state index contributed by atoms with van der Waals surface area (Å²) in [6.45, 7) is 3.45. The molecule has 0 unspecified atom stereocenters. The van der Waals surface area contributed by atoms with Crippen molar-refractivity contribution < 1.29 is 4.39 Å². The lowest BCUT2D eigenvalue weighted by Crippen LogP contribution is -2.02. The third-order valence-electron chi connectivity index (χ3n) is 2.47. The fraction of sp³-hybridized carbons (Fsp3) is 0.167. The van der Waals surface area contributed by atoms with Crippen LogP contribution in [0.3, 0.4) is 0 Å². The predicted molar refractivity (Wildman–Crippen MR) is 66.3 cm³/mol. The maximum Gasteiger partial charge on any atom is 0.186 e. The van der Waals surface area contributed by atoms with Crippen molar-refractivity contribution in [3.05, 3.63) is 40.3 Å². The van der Waals surface area contributed by atoms with Gasteiger partial charge in [0.25, 0.3) is 0 Å². The molecule has 1 aromatic heterocycles. The van der Waals surface area contributed by atoms with Gasteiger partial charge in [-0.15, -0.1) is 0 Å². The zero-order valence-electron chi connectivity index (χ0n) is 9.46. The predicted octanol–water partition coefficient (Wildman–Crippen LogP) is 3.14. The van der Waals surface area contributed by atoms with Crippen molar-refractivity contribution in [3.8, 4) is 11.4 Å². The molecule has 0 bridgehead atoms. The van der Waals surface area contributed by atoms with Gasteiger partial charge in [-0.05, 0) is 25.5 Å². The summed E-state index contributed by atoms with van der Waals surface area (Å²) in [4.78, 5) is 7.96. The molecule has 0 saturated carbocycles. The van der Waals surface area contributed by atoms with Crippen LogP contribution in [0.1, 0.15) is 11.3 Å². The lowest BCUT2D eigenvalue weighted by atomic mass is 10.1. The van der Waals surface area contributed by atoms with Crippen LogP contribution in [0.5, 0.6) is 0 Å². The van der Waals surface area contributed by atoms with E-state index in [9.17, 15) is 4.39 Å². The van der Waals surface area contributed by atoms with E-state index < -0.39 is 5.82 Å². The number of hydrogen-bond acceptors (Lipinski definition) is 3. The normalized spacial score (nSPS) is 10.6. The van der Waals surface area contributed by atoms with Gasteiger partial charge in [-0.25, -0.2) is 14.4 Å². The number of anilines is 1. The van der Waals surface area contributed by atoms with Crippen LogP contribution < -0.4 is 5.73 Å². The third kappa shape index (κ3) is 2.22. The highest BCUT2D eigenvalue weighted by Gasteiger charge is 2.10. The number of nitrogen functional groups attached to an aromatic ring is 1. The minimum atomic E-state index is -0.577. The van der Waals surface area contributed by atoms with Gasteiger partial charge in [0.2, 0.25) is 0 Å². The highest BCUT2D eigenvalue weighted by Crippen LogP contribution is 2.24. The maximum atomic E-state index is 13.3. The Bertz CT molecular complexity index is 561. The first kappa shape index (κ1) is 11.8. The van der Waals surface area contributed by atoms with Crippen LogP contribution in [0.15, 0.2) is 18.2 Å². The Morgan fingerprint density at radius 2 is 1.94 bits per heavy atom. The molecule has 0 spiro atoms. The smallest absolute Gasteiger partial charge is 0.186 e. The van der Waals surface area contributed by atoms with E-state index in [1.54, 1.807) is 13.0 Å². The number of nitrogens with zero attached hydrogens (tertiary/aromatic N) is 2. The molecular formula is C12H11ClFN3. The summed E-state index contributed by atoms with van der Waals surface area (Å²) in [5.41, 5.74) is 7.37. The summed E-state index contributed by atoms with van der Waals surface area (Å²) in [5.74, 6) is -0.348. The van der Waals surface area contributed by atoms with Gasteiger partial charge in [-0.3, -0.25) is 0 Å². The van der Waals surface area contributed by atoms with Crippen molar-refractivity contribution in [1.82, 2.24) is 9.97 Å². The molecule has 2 aromatic rings. The summed E-state index contributed by atoms with van der Waals surface area (Å²) < 4.78 is 13.3. The molecule has 0 aliphatic carbocycles. The molecule has 0 fully saturated rings. The van der Waals surface area contributed by atoms with Crippen LogP contribution in [-0.2, 0) is 0 Å². The SMILES string of the molecule is Cc1ccc(-c2nc(C)c(F)c(N)n2)cc1Cl. The number of benzene rings is 1. The Morgan fingerprint density at radius 1 is 1.24 bits per heavy atom. The number of aryl methyl sites for hydroxylation is 2. The van der Waals surface area contributed by atoms with E-state index in [1.807, 2.05) is 19.1 Å². The van der Waals surface area contributed by atoms with Crippen LogP contribution in [0.4, 0.5) is 10.2 Å². The number of halogens is 2. The molecule has 0 aliphatic rings. The van der Waals surface area contributed by atoms with E-state index in [1.165, 1.54) is 0 Å². The number of hydrogen-bond donors (Lipinski definition) is 1. The largest absolute Gasteiger partial charge is 0.381 e. The molecule has 0 saturated heterocycles. The minimum Gasteiger partial charge on any atom is -0.381 e. The van der Waals surface area contributed by atoms with Crippen LogP contribution in [0.25, 0.3) is 11.4 Å². The zero-order chi connectivity index (χ0) is 12.6. The Hall–Kier alpha value is -1.68. The van der Waals surface area contributed by atoms with Crippen molar-refractivity contribution in [2.75, 3.05) is 5.73 Å². The Labute approximate surface area is 103 Å². The average Bonchev–Trinajstić information content (AvgIpc) is 2.29. The third-order valence-corrected chi connectivity index (χ3v) is 2.88. The van der Waals surface area contributed by atoms with E-state index >= 15 is 0 Å². The first-order chi connectivity index (χ1) is 7.99. The summed E-state index contributed by atoms with van der Waals surface area (Å²) >= 11 is 6.01. The fourth-order valence-electron chi connectivity index (χ4n) is 1.44. The first-order valence-electron chi connectivity index (χ1n) is 5.05. The highest BCUT2D eigenvalue weighted by molar-refractivity contribution is 6.31. The minimum absolute atomic E-state index is 0.149. The topological polar surface area (TPSA) is 51.8 Å². The van der Waals surface area contributed by atoms with E-state index in [-0.39, 0.29) is 11.5 Å². The Balaban J connectivity index is 2.57. The molecule has 0 radical (unpaired) electrons. The fourth-order valence-corrected chi connectivity index (χ4v) is 1.62. The second-order valence-electron chi connectivity index (χ2n) is 3.80. The molecule has 88 valence electrons. The van der Waals surface area contributed by atoms with E-state index in [2.05, 4.69) is 9.97 Å². The molecule has 2 rings (SSSR count). The van der Waals surface area contributed by atoms with Crippen molar-refractivity contribution in [2.45, 2.75) is 13.8 Å². The van der Waals surface area contributed by atoms with Gasteiger partial charge in [0, 0.05) is 10.6 Å². The summed E-state index contributed by atoms with van der Waals surface area (Å²) in [5, 5.41) is 0.617. The number of rotatable bonds is 1. The summed E-state index contributed by atoms with van der Waals surface area (Å²) in [7, 11) is 0. The van der Waals surface area contributed by atoms with Gasteiger partial charge >= 0.3 is 0 Å². The summed E-state index contributed by atoms with van der Waals surface area (Å²) in [6.07, 6.45) is 0. The molecular weight excluding hydrogens is 241 g/mol.